The second kappa shape index (κ2) is 6.96. The van der Waals surface area contributed by atoms with E-state index in [1.54, 1.807) is 0 Å². The van der Waals surface area contributed by atoms with Gasteiger partial charge in [-0.25, -0.2) is 4.98 Å². The van der Waals surface area contributed by atoms with Gasteiger partial charge in [-0.05, 0) is 69.2 Å². The first-order chi connectivity index (χ1) is 11.8. The molecule has 0 spiro atoms. The number of nitrogens with zero attached hydrogens (tertiary/aromatic N) is 1. The third kappa shape index (κ3) is 3.74. The van der Waals surface area contributed by atoms with E-state index < -0.39 is 0 Å². The van der Waals surface area contributed by atoms with Crippen molar-refractivity contribution in [1.29, 1.82) is 0 Å². The minimum absolute atomic E-state index is 0.0768. The Hall–Kier alpha value is -2.20. The maximum absolute atomic E-state index is 12.7. The van der Waals surface area contributed by atoms with Gasteiger partial charge >= 0.3 is 0 Å². The van der Waals surface area contributed by atoms with E-state index in [9.17, 15) is 4.79 Å². The normalized spacial score (nSPS) is 11.1. The summed E-state index contributed by atoms with van der Waals surface area (Å²) in [5, 5.41) is 3.84. The highest BCUT2D eigenvalue weighted by molar-refractivity contribution is 9.10. The van der Waals surface area contributed by atoms with Crippen LogP contribution in [0.4, 0.5) is 0 Å². The lowest BCUT2D eigenvalue weighted by Gasteiger charge is -2.13. The molecule has 0 atom stereocenters. The van der Waals surface area contributed by atoms with Crippen molar-refractivity contribution in [3.05, 3.63) is 63.6 Å². The average Bonchev–Trinajstić information content (AvgIpc) is 2.55. The minimum Gasteiger partial charge on any atom is -0.350 e. The van der Waals surface area contributed by atoms with Gasteiger partial charge in [0.2, 0.25) is 0 Å². The minimum atomic E-state index is -0.0782. The maximum atomic E-state index is 12.7. The Morgan fingerprint density at radius 1 is 1.04 bits per heavy atom. The van der Waals surface area contributed by atoms with Gasteiger partial charge in [0, 0.05) is 21.5 Å². The molecule has 2 aromatic carbocycles. The van der Waals surface area contributed by atoms with Gasteiger partial charge in [-0.3, -0.25) is 4.79 Å². The molecule has 3 nitrogen and oxygen atoms in total. The summed E-state index contributed by atoms with van der Waals surface area (Å²) in [6.07, 6.45) is 0. The smallest absolute Gasteiger partial charge is 0.252 e. The molecule has 0 radical (unpaired) electrons. The summed E-state index contributed by atoms with van der Waals surface area (Å²) in [5.41, 5.74) is 5.74. The van der Waals surface area contributed by atoms with E-state index in [4.69, 9.17) is 4.98 Å². The van der Waals surface area contributed by atoms with Crippen molar-refractivity contribution in [2.24, 2.45) is 0 Å². The molecule has 0 saturated heterocycles. The number of aryl methyl sites for hydroxylation is 2. The summed E-state index contributed by atoms with van der Waals surface area (Å²) < 4.78 is 0.930. The quantitative estimate of drug-likeness (QED) is 0.641. The molecule has 3 rings (SSSR count). The van der Waals surface area contributed by atoms with Gasteiger partial charge in [0.25, 0.3) is 5.91 Å². The molecule has 128 valence electrons. The van der Waals surface area contributed by atoms with Gasteiger partial charge in [-0.2, -0.15) is 0 Å². The summed E-state index contributed by atoms with van der Waals surface area (Å²) in [4.78, 5) is 17.5. The molecular formula is C21H21BrN2O. The highest BCUT2D eigenvalue weighted by Crippen LogP contribution is 2.28. The number of aromatic nitrogens is 1. The lowest BCUT2D eigenvalue weighted by atomic mass is 10.0. The summed E-state index contributed by atoms with van der Waals surface area (Å²) in [5.74, 6) is -0.0782. The number of carbonyl (C=O) groups is 1. The van der Waals surface area contributed by atoms with E-state index in [0.717, 1.165) is 26.6 Å². The van der Waals surface area contributed by atoms with Crippen LogP contribution < -0.4 is 5.32 Å². The first-order valence-corrected chi connectivity index (χ1v) is 9.13. The second-order valence-electron chi connectivity index (χ2n) is 6.64. The number of benzene rings is 2. The van der Waals surface area contributed by atoms with Crippen molar-refractivity contribution in [2.75, 3.05) is 0 Å². The van der Waals surface area contributed by atoms with Crippen molar-refractivity contribution in [3.8, 4) is 11.3 Å². The molecule has 0 bridgehead atoms. The molecule has 4 heteroatoms. The number of hydrogen-bond donors (Lipinski definition) is 1. The predicted octanol–water partition coefficient (Wildman–Crippen LogP) is 5.42. The van der Waals surface area contributed by atoms with Crippen LogP contribution in [0.15, 0.2) is 46.9 Å². The van der Waals surface area contributed by atoms with Gasteiger partial charge in [-0.1, -0.05) is 28.1 Å². The molecule has 25 heavy (non-hydrogen) atoms. The number of halogens is 1. The Labute approximate surface area is 156 Å². The van der Waals surface area contributed by atoms with Crippen molar-refractivity contribution >= 4 is 32.7 Å². The third-order valence-electron chi connectivity index (χ3n) is 4.24. The van der Waals surface area contributed by atoms with Crippen LogP contribution in [0.5, 0.6) is 0 Å². The van der Waals surface area contributed by atoms with E-state index in [0.29, 0.717) is 5.56 Å². The van der Waals surface area contributed by atoms with Crippen molar-refractivity contribution < 1.29 is 4.79 Å². The standard InChI is InChI=1S/C21H21BrN2O/c1-12(2)23-21(25)18-11-20(15-6-5-13(3)14(4)9-15)24-19-8-7-16(22)10-17(18)19/h5-12H,1-4H3,(H,23,25). The number of amides is 1. The van der Waals surface area contributed by atoms with Gasteiger partial charge < -0.3 is 5.32 Å². The first-order valence-electron chi connectivity index (χ1n) is 8.34. The molecule has 0 aliphatic heterocycles. The predicted molar refractivity (Wildman–Crippen MR) is 107 cm³/mol. The van der Waals surface area contributed by atoms with Crippen LogP contribution in [0.1, 0.15) is 35.3 Å². The molecule has 1 aromatic heterocycles. The Kier molecular flexibility index (Phi) is 4.91. The van der Waals surface area contributed by atoms with Crippen molar-refractivity contribution in [1.82, 2.24) is 10.3 Å². The van der Waals surface area contributed by atoms with E-state index in [2.05, 4.69) is 53.3 Å². The molecule has 1 N–H and O–H groups in total. The van der Waals surface area contributed by atoms with E-state index in [1.807, 2.05) is 38.1 Å². The Morgan fingerprint density at radius 2 is 1.80 bits per heavy atom. The fraction of sp³-hybridized carbons (Fsp3) is 0.238. The fourth-order valence-electron chi connectivity index (χ4n) is 2.77. The largest absolute Gasteiger partial charge is 0.350 e. The van der Waals surface area contributed by atoms with Crippen LogP contribution in [0.3, 0.4) is 0 Å². The first kappa shape index (κ1) is 17.6. The van der Waals surface area contributed by atoms with Gasteiger partial charge in [0.05, 0.1) is 16.8 Å². The van der Waals surface area contributed by atoms with Crippen LogP contribution in [0, 0.1) is 13.8 Å². The number of hydrogen-bond acceptors (Lipinski definition) is 2. The molecule has 1 amide bonds. The summed E-state index contributed by atoms with van der Waals surface area (Å²) in [6, 6.07) is 14.1. The molecule has 0 aliphatic rings. The zero-order valence-electron chi connectivity index (χ0n) is 14.9. The number of pyridine rings is 1. The van der Waals surface area contributed by atoms with Crippen molar-refractivity contribution in [2.45, 2.75) is 33.7 Å². The van der Waals surface area contributed by atoms with E-state index in [1.165, 1.54) is 11.1 Å². The molecule has 1 heterocycles. The number of fused-ring (bicyclic) bond motifs is 1. The highest BCUT2D eigenvalue weighted by atomic mass is 79.9. The maximum Gasteiger partial charge on any atom is 0.252 e. The number of nitrogens with one attached hydrogen (secondary N) is 1. The van der Waals surface area contributed by atoms with Crippen LogP contribution in [-0.4, -0.2) is 16.9 Å². The van der Waals surface area contributed by atoms with Crippen LogP contribution in [0.25, 0.3) is 22.2 Å². The second-order valence-corrected chi connectivity index (χ2v) is 7.56. The van der Waals surface area contributed by atoms with E-state index >= 15 is 0 Å². The SMILES string of the molecule is Cc1ccc(-c2cc(C(=O)NC(C)C)c3cc(Br)ccc3n2)cc1C. The topological polar surface area (TPSA) is 42.0 Å². The van der Waals surface area contributed by atoms with Gasteiger partial charge in [0.15, 0.2) is 0 Å². The lowest BCUT2D eigenvalue weighted by molar-refractivity contribution is 0.0945. The zero-order valence-corrected chi connectivity index (χ0v) is 16.4. The molecule has 0 fully saturated rings. The molecular weight excluding hydrogens is 376 g/mol. The zero-order chi connectivity index (χ0) is 18.1. The molecule has 0 saturated carbocycles. The average molecular weight is 397 g/mol. The Morgan fingerprint density at radius 3 is 2.48 bits per heavy atom. The van der Waals surface area contributed by atoms with Crippen molar-refractivity contribution in [3.63, 3.8) is 0 Å². The summed E-state index contributed by atoms with van der Waals surface area (Å²) in [6.45, 7) is 8.10. The van der Waals surface area contributed by atoms with Gasteiger partial charge in [-0.15, -0.1) is 0 Å². The van der Waals surface area contributed by atoms with Crippen LogP contribution >= 0.6 is 15.9 Å². The highest BCUT2D eigenvalue weighted by Gasteiger charge is 2.15. The van der Waals surface area contributed by atoms with E-state index in [-0.39, 0.29) is 11.9 Å². The molecule has 0 aliphatic carbocycles. The fourth-order valence-corrected chi connectivity index (χ4v) is 3.14. The lowest BCUT2D eigenvalue weighted by Crippen LogP contribution is -2.30. The molecule has 3 aromatic rings. The number of rotatable bonds is 3. The molecule has 0 unspecified atom stereocenters. The third-order valence-corrected chi connectivity index (χ3v) is 4.73. The van der Waals surface area contributed by atoms with Crippen LogP contribution in [0.2, 0.25) is 0 Å². The summed E-state index contributed by atoms with van der Waals surface area (Å²) >= 11 is 3.49. The Balaban J connectivity index is 2.22. The number of carbonyl (C=O) groups excluding carboxylic acids is 1. The van der Waals surface area contributed by atoms with Crippen LogP contribution in [-0.2, 0) is 0 Å². The summed E-state index contributed by atoms with van der Waals surface area (Å²) in [7, 11) is 0. The Bertz CT molecular complexity index is 964. The monoisotopic (exact) mass is 396 g/mol. The van der Waals surface area contributed by atoms with Gasteiger partial charge in [0.1, 0.15) is 0 Å².